The number of rotatable bonds is 3. The average Bonchev–Trinajstić information content (AvgIpc) is 2.96. The van der Waals surface area contributed by atoms with E-state index in [1.807, 2.05) is 25.6 Å². The van der Waals surface area contributed by atoms with Crippen LogP contribution in [0.15, 0.2) is 0 Å². The summed E-state index contributed by atoms with van der Waals surface area (Å²) < 4.78 is 7.46. The molecule has 3 heterocycles. The van der Waals surface area contributed by atoms with Crippen molar-refractivity contribution < 1.29 is 4.74 Å². The van der Waals surface area contributed by atoms with Gasteiger partial charge in [0, 0.05) is 20.2 Å². The van der Waals surface area contributed by atoms with Crippen molar-refractivity contribution in [2.24, 2.45) is 7.05 Å². The van der Waals surface area contributed by atoms with E-state index in [-0.39, 0.29) is 0 Å². The molecule has 1 fully saturated rings. The standard InChI is InChI=1S/C13H19N5O/c1-8-11-12(18(3)17-8)13(16-9(2)15-11)14-7-10-5-4-6-19-10/h10H,4-7H2,1-3H3,(H,14,15,16)/t10-/m1/s1. The van der Waals surface area contributed by atoms with Crippen molar-refractivity contribution in [3.63, 3.8) is 0 Å². The van der Waals surface area contributed by atoms with E-state index in [1.165, 1.54) is 0 Å². The van der Waals surface area contributed by atoms with Crippen LogP contribution < -0.4 is 5.32 Å². The summed E-state index contributed by atoms with van der Waals surface area (Å²) in [4.78, 5) is 8.97. The Morgan fingerprint density at radius 3 is 2.95 bits per heavy atom. The second-order valence-corrected chi connectivity index (χ2v) is 5.04. The van der Waals surface area contributed by atoms with Gasteiger partial charge in [0.05, 0.1) is 11.8 Å². The zero-order valence-electron chi connectivity index (χ0n) is 11.6. The first-order valence-electron chi connectivity index (χ1n) is 6.68. The molecule has 0 spiro atoms. The summed E-state index contributed by atoms with van der Waals surface area (Å²) in [7, 11) is 1.92. The van der Waals surface area contributed by atoms with Gasteiger partial charge >= 0.3 is 0 Å². The molecule has 6 heteroatoms. The minimum absolute atomic E-state index is 0.291. The van der Waals surface area contributed by atoms with Gasteiger partial charge in [0.25, 0.3) is 0 Å². The maximum absolute atomic E-state index is 5.62. The van der Waals surface area contributed by atoms with Crippen LogP contribution in [0.4, 0.5) is 5.82 Å². The average molecular weight is 261 g/mol. The summed E-state index contributed by atoms with van der Waals surface area (Å²) in [6.45, 7) is 5.53. The molecule has 1 atom stereocenters. The van der Waals surface area contributed by atoms with Crippen LogP contribution in [0.3, 0.4) is 0 Å². The minimum Gasteiger partial charge on any atom is -0.376 e. The Morgan fingerprint density at radius 1 is 1.37 bits per heavy atom. The number of ether oxygens (including phenoxy) is 1. The lowest BCUT2D eigenvalue weighted by Crippen LogP contribution is -2.19. The molecule has 0 aliphatic carbocycles. The van der Waals surface area contributed by atoms with Crippen molar-refractivity contribution in [1.29, 1.82) is 0 Å². The second kappa shape index (κ2) is 4.77. The summed E-state index contributed by atoms with van der Waals surface area (Å²) in [5, 5.41) is 7.80. The van der Waals surface area contributed by atoms with Crippen LogP contribution in [-0.2, 0) is 11.8 Å². The number of hydrogen-bond acceptors (Lipinski definition) is 5. The van der Waals surface area contributed by atoms with E-state index in [0.717, 1.165) is 54.4 Å². The van der Waals surface area contributed by atoms with Gasteiger partial charge in [0.2, 0.25) is 0 Å². The predicted molar refractivity (Wildman–Crippen MR) is 73.2 cm³/mol. The molecule has 0 unspecified atom stereocenters. The lowest BCUT2D eigenvalue weighted by Gasteiger charge is -2.12. The molecule has 2 aromatic rings. The summed E-state index contributed by atoms with van der Waals surface area (Å²) >= 11 is 0. The van der Waals surface area contributed by atoms with E-state index >= 15 is 0 Å². The van der Waals surface area contributed by atoms with E-state index in [4.69, 9.17) is 4.74 Å². The van der Waals surface area contributed by atoms with Gasteiger partial charge in [-0.05, 0) is 26.7 Å². The van der Waals surface area contributed by atoms with E-state index in [2.05, 4.69) is 20.4 Å². The van der Waals surface area contributed by atoms with Crippen LogP contribution >= 0.6 is 0 Å². The highest BCUT2D eigenvalue weighted by molar-refractivity contribution is 5.87. The van der Waals surface area contributed by atoms with Gasteiger partial charge in [0.15, 0.2) is 5.82 Å². The van der Waals surface area contributed by atoms with Gasteiger partial charge in [-0.25, -0.2) is 9.97 Å². The maximum atomic E-state index is 5.62. The van der Waals surface area contributed by atoms with E-state index < -0.39 is 0 Å². The fourth-order valence-electron chi connectivity index (χ4n) is 2.59. The monoisotopic (exact) mass is 261 g/mol. The molecule has 1 N–H and O–H groups in total. The molecule has 0 radical (unpaired) electrons. The smallest absolute Gasteiger partial charge is 0.156 e. The van der Waals surface area contributed by atoms with Gasteiger partial charge in [-0.15, -0.1) is 0 Å². The Hall–Kier alpha value is -1.69. The molecular weight excluding hydrogens is 242 g/mol. The normalized spacial score (nSPS) is 19.2. The third-order valence-electron chi connectivity index (χ3n) is 3.48. The third-order valence-corrected chi connectivity index (χ3v) is 3.48. The molecule has 0 amide bonds. The summed E-state index contributed by atoms with van der Waals surface area (Å²) in [6, 6.07) is 0. The molecule has 0 saturated carbocycles. The number of nitrogens with one attached hydrogen (secondary N) is 1. The van der Waals surface area contributed by atoms with Gasteiger partial charge < -0.3 is 10.1 Å². The highest BCUT2D eigenvalue weighted by atomic mass is 16.5. The molecule has 1 aliphatic heterocycles. The molecule has 0 aromatic carbocycles. The highest BCUT2D eigenvalue weighted by Gasteiger charge is 2.18. The van der Waals surface area contributed by atoms with Crippen molar-refractivity contribution in [2.75, 3.05) is 18.5 Å². The maximum Gasteiger partial charge on any atom is 0.156 e. The Kier molecular flexibility index (Phi) is 3.10. The SMILES string of the molecule is Cc1nc(NC[C@H]2CCCO2)c2c(n1)c(C)nn2C. The third kappa shape index (κ3) is 2.28. The lowest BCUT2D eigenvalue weighted by molar-refractivity contribution is 0.120. The zero-order valence-corrected chi connectivity index (χ0v) is 11.6. The minimum atomic E-state index is 0.291. The largest absolute Gasteiger partial charge is 0.376 e. The first kappa shape index (κ1) is 12.3. The topological polar surface area (TPSA) is 64.9 Å². The van der Waals surface area contributed by atoms with Crippen LogP contribution in [-0.4, -0.2) is 39.0 Å². The van der Waals surface area contributed by atoms with Crippen LogP contribution in [0.2, 0.25) is 0 Å². The van der Waals surface area contributed by atoms with Gasteiger partial charge in [-0.2, -0.15) is 5.10 Å². The van der Waals surface area contributed by atoms with E-state index in [9.17, 15) is 0 Å². The number of fused-ring (bicyclic) bond motifs is 1. The fourth-order valence-corrected chi connectivity index (χ4v) is 2.59. The lowest BCUT2D eigenvalue weighted by atomic mass is 10.2. The van der Waals surface area contributed by atoms with E-state index in [1.54, 1.807) is 0 Å². The van der Waals surface area contributed by atoms with Crippen molar-refractivity contribution in [2.45, 2.75) is 32.8 Å². The molecule has 19 heavy (non-hydrogen) atoms. The summed E-state index contributed by atoms with van der Waals surface area (Å²) in [5.41, 5.74) is 2.81. The Morgan fingerprint density at radius 2 is 2.21 bits per heavy atom. The predicted octanol–water partition coefficient (Wildman–Crippen LogP) is 1.57. The number of aromatic nitrogens is 4. The molecule has 1 aliphatic rings. The van der Waals surface area contributed by atoms with Crippen molar-refractivity contribution in [3.8, 4) is 0 Å². The molecule has 102 valence electrons. The molecule has 2 aromatic heterocycles. The molecule has 1 saturated heterocycles. The Balaban J connectivity index is 1.92. The molecule has 0 bridgehead atoms. The summed E-state index contributed by atoms with van der Waals surface area (Å²) in [6.07, 6.45) is 2.56. The van der Waals surface area contributed by atoms with Crippen molar-refractivity contribution in [1.82, 2.24) is 19.7 Å². The molecule has 3 rings (SSSR count). The fraction of sp³-hybridized carbons (Fsp3) is 0.615. The summed E-state index contributed by atoms with van der Waals surface area (Å²) in [5.74, 6) is 1.61. The van der Waals surface area contributed by atoms with Crippen LogP contribution in [0.1, 0.15) is 24.4 Å². The van der Waals surface area contributed by atoms with Crippen molar-refractivity contribution >= 4 is 16.9 Å². The molecule has 6 nitrogen and oxygen atoms in total. The number of nitrogens with zero attached hydrogens (tertiary/aromatic N) is 4. The molecular formula is C13H19N5O. The number of hydrogen-bond donors (Lipinski definition) is 1. The zero-order chi connectivity index (χ0) is 13.4. The van der Waals surface area contributed by atoms with E-state index in [0.29, 0.717) is 6.10 Å². The van der Waals surface area contributed by atoms with Gasteiger partial charge in [-0.3, -0.25) is 4.68 Å². The van der Waals surface area contributed by atoms with Crippen LogP contribution in [0.5, 0.6) is 0 Å². The van der Waals surface area contributed by atoms with Gasteiger partial charge in [-0.1, -0.05) is 0 Å². The number of anilines is 1. The first-order valence-corrected chi connectivity index (χ1v) is 6.68. The second-order valence-electron chi connectivity index (χ2n) is 5.04. The van der Waals surface area contributed by atoms with Crippen LogP contribution in [0.25, 0.3) is 11.0 Å². The quantitative estimate of drug-likeness (QED) is 0.908. The Labute approximate surface area is 112 Å². The van der Waals surface area contributed by atoms with Crippen molar-refractivity contribution in [3.05, 3.63) is 11.5 Å². The van der Waals surface area contributed by atoms with Gasteiger partial charge in [0.1, 0.15) is 16.9 Å². The Bertz CT molecular complexity index is 601. The number of aryl methyl sites for hydroxylation is 3. The highest BCUT2D eigenvalue weighted by Crippen LogP contribution is 2.23. The first-order chi connectivity index (χ1) is 9.15. The van der Waals surface area contributed by atoms with Crippen LogP contribution in [0, 0.1) is 13.8 Å².